The minimum absolute atomic E-state index is 0.0596. The maximum absolute atomic E-state index is 9.09. The summed E-state index contributed by atoms with van der Waals surface area (Å²) in [6.45, 7) is 0. The Morgan fingerprint density at radius 2 is 2.36 bits per heavy atom. The van der Waals surface area contributed by atoms with Gasteiger partial charge in [0.2, 0.25) is 5.88 Å². The van der Waals surface area contributed by atoms with E-state index in [0.29, 0.717) is 0 Å². The number of rotatable bonds is 0. The first kappa shape index (κ1) is 6.90. The van der Waals surface area contributed by atoms with Gasteiger partial charge in [-0.2, -0.15) is 4.98 Å². The molecule has 4 heteroatoms. The molecular weight excluding hydrogens is 255 g/mol. The fourth-order valence-electron chi connectivity index (χ4n) is 0.984. The average molecular weight is 260 g/mol. The minimum Gasteiger partial charge on any atom is -0.493 e. The van der Waals surface area contributed by atoms with E-state index in [1.807, 2.05) is 6.07 Å². The van der Waals surface area contributed by atoms with Gasteiger partial charge in [0.1, 0.15) is 5.65 Å². The molecule has 2 aromatic rings. The van der Waals surface area contributed by atoms with Gasteiger partial charge in [0, 0.05) is 21.2 Å². The summed E-state index contributed by atoms with van der Waals surface area (Å²) in [5, 5.41) is 10.1. The number of nitrogens with one attached hydrogen (secondary N) is 1. The molecule has 2 aromatic heterocycles. The number of aromatic amines is 1. The van der Waals surface area contributed by atoms with Crippen molar-refractivity contribution in [2.75, 3.05) is 0 Å². The number of halogens is 1. The zero-order valence-electron chi connectivity index (χ0n) is 5.50. The summed E-state index contributed by atoms with van der Waals surface area (Å²) in [5.74, 6) is 0.0596. The van der Waals surface area contributed by atoms with Gasteiger partial charge >= 0.3 is 0 Å². The second kappa shape index (κ2) is 2.37. The largest absolute Gasteiger partial charge is 0.493 e. The van der Waals surface area contributed by atoms with Gasteiger partial charge in [-0.3, -0.25) is 0 Å². The van der Waals surface area contributed by atoms with Crippen molar-refractivity contribution < 1.29 is 5.11 Å². The van der Waals surface area contributed by atoms with Crippen LogP contribution in [-0.2, 0) is 0 Å². The summed E-state index contributed by atoms with van der Waals surface area (Å²) in [7, 11) is 0. The molecule has 2 rings (SSSR count). The Labute approximate surface area is 76.6 Å². The summed E-state index contributed by atoms with van der Waals surface area (Å²) in [6.07, 6.45) is 1.80. The van der Waals surface area contributed by atoms with Gasteiger partial charge in [0.05, 0.1) is 0 Å². The van der Waals surface area contributed by atoms with E-state index in [1.165, 1.54) is 0 Å². The number of hydrogen-bond acceptors (Lipinski definition) is 2. The quantitative estimate of drug-likeness (QED) is 0.710. The molecule has 0 amide bonds. The van der Waals surface area contributed by atoms with Crippen molar-refractivity contribution in [2.24, 2.45) is 0 Å². The van der Waals surface area contributed by atoms with Gasteiger partial charge in [-0.15, -0.1) is 0 Å². The molecule has 11 heavy (non-hydrogen) atoms. The van der Waals surface area contributed by atoms with E-state index in [-0.39, 0.29) is 5.88 Å². The summed E-state index contributed by atoms with van der Waals surface area (Å²) in [6, 6.07) is 3.57. The van der Waals surface area contributed by atoms with Crippen molar-refractivity contribution in [2.45, 2.75) is 0 Å². The molecule has 3 nitrogen and oxygen atoms in total. The molecule has 2 heterocycles. The highest BCUT2D eigenvalue weighted by Crippen LogP contribution is 2.21. The van der Waals surface area contributed by atoms with E-state index in [1.54, 1.807) is 12.3 Å². The highest BCUT2D eigenvalue weighted by atomic mass is 127. The van der Waals surface area contributed by atoms with Gasteiger partial charge in [0.25, 0.3) is 0 Å². The van der Waals surface area contributed by atoms with E-state index < -0.39 is 0 Å². The number of fused-ring (bicyclic) bond motifs is 1. The fraction of sp³-hybridized carbons (Fsp3) is 0. The van der Waals surface area contributed by atoms with Gasteiger partial charge in [-0.25, -0.2) is 0 Å². The van der Waals surface area contributed by atoms with Crippen LogP contribution >= 0.6 is 22.6 Å². The van der Waals surface area contributed by atoms with Crippen molar-refractivity contribution in [3.05, 3.63) is 21.9 Å². The molecule has 0 aliphatic carbocycles. The number of aromatic nitrogens is 2. The first-order valence-corrected chi connectivity index (χ1v) is 4.18. The van der Waals surface area contributed by atoms with Crippen molar-refractivity contribution in [1.29, 1.82) is 0 Å². The molecule has 0 bridgehead atoms. The highest BCUT2D eigenvalue weighted by Gasteiger charge is 2.01. The van der Waals surface area contributed by atoms with Crippen molar-refractivity contribution in [3.8, 4) is 5.88 Å². The monoisotopic (exact) mass is 260 g/mol. The third-order valence-electron chi connectivity index (χ3n) is 1.46. The van der Waals surface area contributed by atoms with Crippen molar-refractivity contribution >= 4 is 33.6 Å². The Morgan fingerprint density at radius 3 is 3.18 bits per heavy atom. The minimum atomic E-state index is 0.0596. The lowest BCUT2D eigenvalue weighted by Crippen LogP contribution is -1.79. The van der Waals surface area contributed by atoms with E-state index in [4.69, 9.17) is 5.11 Å². The number of H-pyrrole nitrogens is 1. The third kappa shape index (κ3) is 1.07. The molecule has 2 N–H and O–H groups in total. The maximum atomic E-state index is 9.09. The summed E-state index contributed by atoms with van der Waals surface area (Å²) < 4.78 is 1.01. The van der Waals surface area contributed by atoms with Crippen LogP contribution in [0.4, 0.5) is 0 Å². The fourth-order valence-corrected chi connectivity index (χ4v) is 1.70. The molecule has 0 aliphatic rings. The predicted octanol–water partition coefficient (Wildman–Crippen LogP) is 1.87. The highest BCUT2D eigenvalue weighted by molar-refractivity contribution is 14.1. The van der Waals surface area contributed by atoms with Crippen LogP contribution in [0.1, 0.15) is 0 Å². The van der Waals surface area contributed by atoms with E-state index in [0.717, 1.165) is 14.6 Å². The van der Waals surface area contributed by atoms with Crippen LogP contribution in [0.5, 0.6) is 5.88 Å². The molecule has 0 aromatic carbocycles. The molecule has 0 fully saturated rings. The second-order valence-corrected chi connectivity index (χ2v) is 3.36. The normalized spacial score (nSPS) is 10.6. The first-order valence-electron chi connectivity index (χ1n) is 3.10. The van der Waals surface area contributed by atoms with Crippen LogP contribution in [0.15, 0.2) is 18.3 Å². The Kier molecular flexibility index (Phi) is 1.49. The molecular formula is C7H5IN2O. The van der Waals surface area contributed by atoms with Crippen LogP contribution in [0.3, 0.4) is 0 Å². The van der Waals surface area contributed by atoms with E-state index >= 15 is 0 Å². The Bertz CT molecular complexity index is 396. The maximum Gasteiger partial charge on any atom is 0.213 e. The van der Waals surface area contributed by atoms with Crippen LogP contribution in [0, 0.1) is 3.57 Å². The van der Waals surface area contributed by atoms with Crippen LogP contribution < -0.4 is 0 Å². The standard InChI is InChI=1S/C7H5IN2O/c8-5-3-6(11)10-7-4(5)1-2-9-7/h1-3H,(H2,9,10,11). The molecule has 0 saturated heterocycles. The second-order valence-electron chi connectivity index (χ2n) is 2.20. The molecule has 0 radical (unpaired) electrons. The summed E-state index contributed by atoms with van der Waals surface area (Å²) in [5.41, 5.74) is 0.731. The lowest BCUT2D eigenvalue weighted by atomic mass is 10.3. The van der Waals surface area contributed by atoms with Crippen LogP contribution in [0.25, 0.3) is 11.0 Å². The predicted molar refractivity (Wildman–Crippen MR) is 50.5 cm³/mol. The van der Waals surface area contributed by atoms with E-state index in [9.17, 15) is 0 Å². The number of nitrogens with zero attached hydrogens (tertiary/aromatic N) is 1. The van der Waals surface area contributed by atoms with Crippen molar-refractivity contribution in [1.82, 2.24) is 9.97 Å². The SMILES string of the molecule is Oc1cc(I)c2cc[nH]c2n1. The lowest BCUT2D eigenvalue weighted by molar-refractivity contribution is 0.455. The molecule has 0 aliphatic heterocycles. The van der Waals surface area contributed by atoms with Crippen molar-refractivity contribution in [3.63, 3.8) is 0 Å². The topological polar surface area (TPSA) is 48.9 Å². The number of aromatic hydroxyl groups is 1. The number of hydrogen-bond donors (Lipinski definition) is 2. The molecule has 0 saturated carbocycles. The Morgan fingerprint density at radius 1 is 1.55 bits per heavy atom. The smallest absolute Gasteiger partial charge is 0.213 e. The molecule has 0 unspecified atom stereocenters. The lowest BCUT2D eigenvalue weighted by Gasteiger charge is -1.94. The van der Waals surface area contributed by atoms with Gasteiger partial charge < -0.3 is 10.1 Å². The Balaban J connectivity index is 2.91. The zero-order valence-corrected chi connectivity index (χ0v) is 7.66. The molecule has 0 spiro atoms. The third-order valence-corrected chi connectivity index (χ3v) is 2.36. The van der Waals surface area contributed by atoms with Gasteiger partial charge in [0.15, 0.2) is 0 Å². The zero-order chi connectivity index (χ0) is 7.84. The van der Waals surface area contributed by atoms with E-state index in [2.05, 4.69) is 32.6 Å². The first-order chi connectivity index (χ1) is 5.27. The summed E-state index contributed by atoms with van der Waals surface area (Å²) >= 11 is 2.16. The Hall–Kier alpha value is -0.780. The molecule has 56 valence electrons. The molecule has 0 atom stereocenters. The van der Waals surface area contributed by atoms with Crippen LogP contribution in [-0.4, -0.2) is 15.1 Å². The average Bonchev–Trinajstić information content (AvgIpc) is 2.34. The van der Waals surface area contributed by atoms with Crippen LogP contribution in [0.2, 0.25) is 0 Å². The van der Waals surface area contributed by atoms with Gasteiger partial charge in [-0.05, 0) is 28.7 Å². The van der Waals surface area contributed by atoms with Gasteiger partial charge in [-0.1, -0.05) is 0 Å². The summed E-state index contributed by atoms with van der Waals surface area (Å²) in [4.78, 5) is 6.82. The number of pyridine rings is 1.